The predicted molar refractivity (Wildman–Crippen MR) is 76.5 cm³/mol. The van der Waals surface area contributed by atoms with Crippen molar-refractivity contribution in [1.82, 2.24) is 9.97 Å². The van der Waals surface area contributed by atoms with Gasteiger partial charge in [0.25, 0.3) is 0 Å². The molecule has 2 rings (SSSR count). The molecule has 2 aromatic heterocycles. The van der Waals surface area contributed by atoms with Crippen molar-refractivity contribution in [3.8, 4) is 12.1 Å². The lowest BCUT2D eigenvalue weighted by molar-refractivity contribution is 0.521. The van der Waals surface area contributed by atoms with Crippen LogP contribution in [0.15, 0.2) is 30.5 Å². The van der Waals surface area contributed by atoms with Gasteiger partial charge in [0.1, 0.15) is 23.3 Å². The first-order chi connectivity index (χ1) is 10.3. The molecule has 0 radical (unpaired) electrons. The van der Waals surface area contributed by atoms with E-state index in [0.717, 1.165) is 0 Å². The summed E-state index contributed by atoms with van der Waals surface area (Å²) in [4.78, 5) is 6.99. The number of nitriles is 2. The summed E-state index contributed by atoms with van der Waals surface area (Å²) in [6.45, 7) is 5.84. The zero-order chi connectivity index (χ0) is 16.8. The van der Waals surface area contributed by atoms with Crippen molar-refractivity contribution >= 4 is 0 Å². The van der Waals surface area contributed by atoms with Crippen LogP contribution in [0.3, 0.4) is 0 Å². The Labute approximate surface area is 127 Å². The standard InChI is InChI=1S/C10H11FN2.C6H3FN2/c1-10(2,3)8-5-4-7(6-12)9(11)13-8;7-6-5(4-8)2-1-3-9-6/h4-5H,1-3H3;1-3H. The molecule has 0 unspecified atom stereocenters. The summed E-state index contributed by atoms with van der Waals surface area (Å²) in [5.74, 6) is -1.39. The van der Waals surface area contributed by atoms with Gasteiger partial charge in [0.15, 0.2) is 0 Å². The minimum absolute atomic E-state index is 0.00648. The molecule has 0 amide bonds. The summed E-state index contributed by atoms with van der Waals surface area (Å²) in [6, 6.07) is 9.43. The average Bonchev–Trinajstić information content (AvgIpc) is 2.47. The molecule has 6 heteroatoms. The highest BCUT2D eigenvalue weighted by Gasteiger charge is 2.17. The molecule has 0 atom stereocenters. The Balaban J connectivity index is 0.000000235. The molecule has 0 aromatic carbocycles. The Morgan fingerprint density at radius 3 is 1.95 bits per heavy atom. The van der Waals surface area contributed by atoms with E-state index in [4.69, 9.17) is 10.5 Å². The molecule has 112 valence electrons. The molecule has 0 aliphatic rings. The predicted octanol–water partition coefficient (Wildman–Crippen LogP) is 3.48. The Morgan fingerprint density at radius 2 is 1.55 bits per heavy atom. The summed E-state index contributed by atoms with van der Waals surface area (Å²) in [6.07, 6.45) is 1.30. The van der Waals surface area contributed by atoms with Crippen LogP contribution in [0.5, 0.6) is 0 Å². The van der Waals surface area contributed by atoms with Crippen molar-refractivity contribution < 1.29 is 8.78 Å². The summed E-state index contributed by atoms with van der Waals surface area (Å²) < 4.78 is 25.3. The van der Waals surface area contributed by atoms with E-state index in [1.165, 1.54) is 24.4 Å². The van der Waals surface area contributed by atoms with Crippen LogP contribution in [0.25, 0.3) is 0 Å². The Hall–Kier alpha value is -2.86. The number of rotatable bonds is 0. The first-order valence-corrected chi connectivity index (χ1v) is 6.37. The topological polar surface area (TPSA) is 73.4 Å². The number of halogens is 2. The fourth-order valence-electron chi connectivity index (χ4n) is 1.40. The highest BCUT2D eigenvalue weighted by Crippen LogP contribution is 2.20. The maximum Gasteiger partial charge on any atom is 0.231 e. The molecule has 0 aliphatic carbocycles. The molecule has 0 fully saturated rings. The van der Waals surface area contributed by atoms with Gasteiger partial charge in [-0.2, -0.15) is 19.3 Å². The van der Waals surface area contributed by atoms with Gasteiger partial charge in [0.2, 0.25) is 11.9 Å². The van der Waals surface area contributed by atoms with Gasteiger partial charge in [-0.25, -0.2) is 9.97 Å². The SMILES string of the molecule is CC(C)(C)c1ccc(C#N)c(F)n1.N#Cc1cccnc1F. The van der Waals surface area contributed by atoms with Crippen LogP contribution >= 0.6 is 0 Å². The van der Waals surface area contributed by atoms with Gasteiger partial charge in [-0.05, 0) is 24.3 Å². The van der Waals surface area contributed by atoms with Gasteiger partial charge >= 0.3 is 0 Å². The number of nitrogens with zero attached hydrogens (tertiary/aromatic N) is 4. The number of pyridine rings is 2. The molecule has 0 bridgehead atoms. The first-order valence-electron chi connectivity index (χ1n) is 6.37. The molecule has 4 nitrogen and oxygen atoms in total. The fraction of sp³-hybridized carbons (Fsp3) is 0.250. The monoisotopic (exact) mass is 300 g/mol. The van der Waals surface area contributed by atoms with Crippen molar-refractivity contribution in [2.45, 2.75) is 26.2 Å². The van der Waals surface area contributed by atoms with E-state index in [9.17, 15) is 8.78 Å². The van der Waals surface area contributed by atoms with Crippen molar-refractivity contribution in [2.75, 3.05) is 0 Å². The van der Waals surface area contributed by atoms with E-state index in [0.29, 0.717) is 5.69 Å². The second-order valence-electron chi connectivity index (χ2n) is 5.35. The molecule has 0 aliphatic heterocycles. The van der Waals surface area contributed by atoms with Crippen molar-refractivity contribution in [3.63, 3.8) is 0 Å². The van der Waals surface area contributed by atoms with E-state index >= 15 is 0 Å². The second kappa shape index (κ2) is 7.24. The third-order valence-electron chi connectivity index (χ3n) is 2.62. The minimum Gasteiger partial charge on any atom is -0.227 e. The second-order valence-corrected chi connectivity index (χ2v) is 5.35. The summed E-state index contributed by atoms with van der Waals surface area (Å²) >= 11 is 0. The Kier molecular flexibility index (Phi) is 5.65. The lowest BCUT2D eigenvalue weighted by atomic mass is 9.91. The van der Waals surface area contributed by atoms with Gasteiger partial charge in [-0.3, -0.25) is 0 Å². The molecule has 0 saturated heterocycles. The van der Waals surface area contributed by atoms with Crippen molar-refractivity contribution in [2.24, 2.45) is 0 Å². The largest absolute Gasteiger partial charge is 0.231 e. The van der Waals surface area contributed by atoms with Crippen LogP contribution in [0.2, 0.25) is 0 Å². The zero-order valence-electron chi connectivity index (χ0n) is 12.4. The number of hydrogen-bond acceptors (Lipinski definition) is 4. The smallest absolute Gasteiger partial charge is 0.227 e. The van der Waals surface area contributed by atoms with E-state index in [2.05, 4.69) is 9.97 Å². The van der Waals surface area contributed by atoms with Crippen molar-refractivity contribution in [3.05, 3.63) is 59.2 Å². The third kappa shape index (κ3) is 4.60. The first kappa shape index (κ1) is 17.2. The highest BCUT2D eigenvalue weighted by molar-refractivity contribution is 5.29. The maximum atomic E-state index is 13.0. The Morgan fingerprint density at radius 1 is 0.955 bits per heavy atom. The molecular formula is C16H14F2N4. The minimum atomic E-state index is -0.708. The van der Waals surface area contributed by atoms with Crippen LogP contribution < -0.4 is 0 Å². The van der Waals surface area contributed by atoms with Crippen LogP contribution in [0.1, 0.15) is 37.6 Å². The van der Waals surface area contributed by atoms with Gasteiger partial charge in [0.05, 0.1) is 0 Å². The number of hydrogen-bond donors (Lipinski definition) is 0. The molecule has 0 N–H and O–H groups in total. The Bertz CT molecular complexity index is 737. The molecular weight excluding hydrogens is 286 g/mol. The van der Waals surface area contributed by atoms with Crippen LogP contribution in [-0.4, -0.2) is 9.97 Å². The van der Waals surface area contributed by atoms with Crippen molar-refractivity contribution in [1.29, 1.82) is 10.5 Å². The summed E-state index contributed by atoms with van der Waals surface area (Å²) in [5, 5.41) is 16.7. The summed E-state index contributed by atoms with van der Waals surface area (Å²) in [5.41, 5.74) is 0.448. The average molecular weight is 300 g/mol. The van der Waals surface area contributed by atoms with E-state index in [-0.39, 0.29) is 16.5 Å². The maximum absolute atomic E-state index is 13.0. The van der Waals surface area contributed by atoms with E-state index in [1.807, 2.05) is 20.8 Å². The zero-order valence-corrected chi connectivity index (χ0v) is 12.4. The van der Waals surface area contributed by atoms with Crippen LogP contribution in [-0.2, 0) is 5.41 Å². The summed E-state index contributed by atoms with van der Waals surface area (Å²) in [7, 11) is 0. The van der Waals surface area contributed by atoms with E-state index in [1.54, 1.807) is 18.2 Å². The van der Waals surface area contributed by atoms with Gasteiger partial charge in [-0.15, -0.1) is 0 Å². The molecule has 2 heterocycles. The number of aromatic nitrogens is 2. The van der Waals surface area contributed by atoms with Gasteiger partial charge in [-0.1, -0.05) is 20.8 Å². The van der Waals surface area contributed by atoms with Gasteiger partial charge in [0, 0.05) is 17.3 Å². The quantitative estimate of drug-likeness (QED) is 0.698. The molecule has 22 heavy (non-hydrogen) atoms. The van der Waals surface area contributed by atoms with Crippen LogP contribution in [0.4, 0.5) is 8.78 Å². The lowest BCUT2D eigenvalue weighted by Crippen LogP contribution is -2.14. The van der Waals surface area contributed by atoms with Gasteiger partial charge < -0.3 is 0 Å². The molecule has 0 saturated carbocycles. The lowest BCUT2D eigenvalue weighted by Gasteiger charge is -2.17. The molecule has 2 aromatic rings. The van der Waals surface area contributed by atoms with E-state index < -0.39 is 11.9 Å². The third-order valence-corrected chi connectivity index (χ3v) is 2.62. The normalized spacial score (nSPS) is 9.95. The fourth-order valence-corrected chi connectivity index (χ4v) is 1.40. The van der Waals surface area contributed by atoms with Crippen LogP contribution in [0, 0.1) is 34.6 Å². The molecule has 0 spiro atoms. The highest BCUT2D eigenvalue weighted by atomic mass is 19.1.